The number of nitrogens with one attached hydrogen (secondary N) is 2. The minimum absolute atomic E-state index is 0.0440. The minimum Gasteiger partial charge on any atom is -0.506 e. The first-order valence-electron chi connectivity index (χ1n) is 8.88. The van der Waals surface area contributed by atoms with Crippen molar-refractivity contribution in [3.8, 4) is 28.3 Å². The molecule has 1 aromatic carbocycles. The molecule has 0 saturated carbocycles. The van der Waals surface area contributed by atoms with Crippen molar-refractivity contribution in [1.82, 2.24) is 25.2 Å². The number of H-pyrrole nitrogens is 1. The van der Waals surface area contributed by atoms with Gasteiger partial charge in [0, 0.05) is 30.1 Å². The summed E-state index contributed by atoms with van der Waals surface area (Å²) in [5.41, 5.74) is 2.70. The molecule has 0 fully saturated rings. The van der Waals surface area contributed by atoms with E-state index in [1.807, 2.05) is 26.2 Å². The maximum absolute atomic E-state index is 12.5. The van der Waals surface area contributed by atoms with Crippen LogP contribution in [0.2, 0.25) is 5.02 Å². The van der Waals surface area contributed by atoms with Crippen molar-refractivity contribution >= 4 is 17.5 Å². The van der Waals surface area contributed by atoms with Gasteiger partial charge in [-0.15, -0.1) is 0 Å². The highest BCUT2D eigenvalue weighted by Gasteiger charge is 2.19. The molecule has 8 heteroatoms. The lowest BCUT2D eigenvalue weighted by atomic mass is 10.1. The van der Waals surface area contributed by atoms with Crippen molar-refractivity contribution in [2.24, 2.45) is 0 Å². The van der Waals surface area contributed by atoms with Crippen molar-refractivity contribution in [2.75, 3.05) is 27.2 Å². The highest BCUT2D eigenvalue weighted by Crippen LogP contribution is 2.34. The average Bonchev–Trinajstić information content (AvgIpc) is 3.13. The molecule has 3 rings (SSSR count). The van der Waals surface area contributed by atoms with Crippen LogP contribution < -0.4 is 5.32 Å². The standard InChI is InChI=1S/C20H22ClN5O2/c1-26(2)11-3-8-23-20(28)19-24-17(13-6-9-22-10-7-13)18(25-19)14-4-5-15(21)16(27)12-14/h4-7,9-10,12,27H,3,8,11H2,1-2H3,(H,23,28)(H,24,25). The van der Waals surface area contributed by atoms with E-state index in [1.54, 1.807) is 24.5 Å². The number of amides is 1. The molecular formula is C20H22ClN5O2. The molecule has 146 valence electrons. The summed E-state index contributed by atoms with van der Waals surface area (Å²) in [4.78, 5) is 26.2. The van der Waals surface area contributed by atoms with Crippen molar-refractivity contribution in [3.05, 3.63) is 53.6 Å². The maximum Gasteiger partial charge on any atom is 0.287 e. The Bertz CT molecular complexity index is 956. The van der Waals surface area contributed by atoms with E-state index in [2.05, 4.69) is 25.2 Å². The predicted octanol–water partition coefficient (Wildman–Crippen LogP) is 3.18. The number of carbonyl (C=O) groups is 1. The number of aromatic nitrogens is 3. The molecule has 0 aliphatic carbocycles. The minimum atomic E-state index is -0.279. The van der Waals surface area contributed by atoms with Gasteiger partial charge < -0.3 is 20.3 Å². The number of phenolic OH excluding ortho intramolecular Hbond substituents is 1. The van der Waals surface area contributed by atoms with E-state index in [4.69, 9.17) is 11.6 Å². The largest absolute Gasteiger partial charge is 0.506 e. The predicted molar refractivity (Wildman–Crippen MR) is 109 cm³/mol. The second kappa shape index (κ2) is 8.86. The quantitative estimate of drug-likeness (QED) is 0.530. The fraction of sp³-hybridized carbons (Fsp3) is 0.250. The first kappa shape index (κ1) is 19.9. The van der Waals surface area contributed by atoms with Crippen molar-refractivity contribution in [2.45, 2.75) is 6.42 Å². The van der Waals surface area contributed by atoms with Gasteiger partial charge in [0.05, 0.1) is 16.4 Å². The number of benzene rings is 1. The molecule has 0 atom stereocenters. The van der Waals surface area contributed by atoms with E-state index in [9.17, 15) is 9.90 Å². The number of hydrogen-bond acceptors (Lipinski definition) is 5. The highest BCUT2D eigenvalue weighted by molar-refractivity contribution is 6.32. The van der Waals surface area contributed by atoms with E-state index in [0.717, 1.165) is 18.5 Å². The third-order valence-corrected chi connectivity index (χ3v) is 4.49. The molecule has 0 unspecified atom stereocenters. The van der Waals surface area contributed by atoms with Crippen molar-refractivity contribution in [1.29, 1.82) is 0 Å². The summed E-state index contributed by atoms with van der Waals surface area (Å²) in [6.07, 6.45) is 4.18. The van der Waals surface area contributed by atoms with Gasteiger partial charge in [0.1, 0.15) is 5.75 Å². The Hall–Kier alpha value is -2.90. The van der Waals surface area contributed by atoms with Crippen LogP contribution in [0.4, 0.5) is 0 Å². The van der Waals surface area contributed by atoms with Gasteiger partial charge in [-0.05, 0) is 51.3 Å². The number of aromatic hydroxyl groups is 1. The smallest absolute Gasteiger partial charge is 0.287 e. The summed E-state index contributed by atoms with van der Waals surface area (Å²) >= 11 is 5.92. The average molecular weight is 400 g/mol. The summed E-state index contributed by atoms with van der Waals surface area (Å²) < 4.78 is 0. The maximum atomic E-state index is 12.5. The van der Waals surface area contributed by atoms with Crippen LogP contribution in [0, 0.1) is 0 Å². The van der Waals surface area contributed by atoms with Gasteiger partial charge in [-0.1, -0.05) is 17.7 Å². The van der Waals surface area contributed by atoms with Gasteiger partial charge in [-0.25, -0.2) is 4.98 Å². The number of carbonyl (C=O) groups excluding carboxylic acids is 1. The Morgan fingerprint density at radius 1 is 1.21 bits per heavy atom. The number of hydrogen-bond donors (Lipinski definition) is 3. The topological polar surface area (TPSA) is 94.1 Å². The molecule has 2 heterocycles. The van der Waals surface area contributed by atoms with Crippen LogP contribution in [0.3, 0.4) is 0 Å². The second-order valence-corrected chi connectivity index (χ2v) is 7.03. The molecule has 0 spiro atoms. The Morgan fingerprint density at radius 2 is 1.96 bits per heavy atom. The zero-order chi connectivity index (χ0) is 20.1. The van der Waals surface area contributed by atoms with Gasteiger partial charge >= 0.3 is 0 Å². The third-order valence-electron chi connectivity index (χ3n) is 4.18. The Labute approximate surface area is 168 Å². The lowest BCUT2D eigenvalue weighted by molar-refractivity contribution is 0.0943. The molecule has 28 heavy (non-hydrogen) atoms. The number of phenols is 1. The highest BCUT2D eigenvalue weighted by atomic mass is 35.5. The summed E-state index contributed by atoms with van der Waals surface area (Å²) in [5, 5.41) is 13.1. The Balaban J connectivity index is 1.92. The number of rotatable bonds is 7. The molecule has 0 aliphatic rings. The summed E-state index contributed by atoms with van der Waals surface area (Å²) in [7, 11) is 3.98. The molecular weight excluding hydrogens is 378 g/mol. The Kier molecular flexibility index (Phi) is 6.28. The molecule has 1 amide bonds. The van der Waals surface area contributed by atoms with Crippen LogP contribution >= 0.6 is 11.6 Å². The van der Waals surface area contributed by atoms with E-state index in [-0.39, 0.29) is 22.5 Å². The van der Waals surface area contributed by atoms with Gasteiger partial charge in [-0.3, -0.25) is 9.78 Å². The van der Waals surface area contributed by atoms with Gasteiger partial charge in [-0.2, -0.15) is 0 Å². The molecule has 2 aromatic heterocycles. The molecule has 7 nitrogen and oxygen atoms in total. The van der Waals surface area contributed by atoms with E-state index < -0.39 is 0 Å². The Morgan fingerprint density at radius 3 is 2.64 bits per heavy atom. The fourth-order valence-electron chi connectivity index (χ4n) is 2.76. The first-order valence-corrected chi connectivity index (χ1v) is 9.25. The number of nitrogens with zero attached hydrogens (tertiary/aromatic N) is 3. The van der Waals surface area contributed by atoms with Crippen molar-refractivity contribution in [3.63, 3.8) is 0 Å². The number of aromatic amines is 1. The third kappa shape index (κ3) is 4.68. The zero-order valence-electron chi connectivity index (χ0n) is 15.7. The summed E-state index contributed by atoms with van der Waals surface area (Å²) in [5.74, 6) is -0.114. The normalized spacial score (nSPS) is 11.0. The summed E-state index contributed by atoms with van der Waals surface area (Å²) in [6, 6.07) is 8.53. The van der Waals surface area contributed by atoms with Crippen LogP contribution in [0.15, 0.2) is 42.7 Å². The van der Waals surface area contributed by atoms with E-state index >= 15 is 0 Å². The van der Waals surface area contributed by atoms with Crippen LogP contribution in [0.5, 0.6) is 5.75 Å². The molecule has 0 saturated heterocycles. The fourth-order valence-corrected chi connectivity index (χ4v) is 2.88. The number of pyridine rings is 1. The molecule has 3 aromatic rings. The summed E-state index contributed by atoms with van der Waals surface area (Å²) in [6.45, 7) is 1.44. The van der Waals surface area contributed by atoms with Gasteiger partial charge in [0.2, 0.25) is 0 Å². The lowest BCUT2D eigenvalue weighted by Gasteiger charge is -2.09. The van der Waals surface area contributed by atoms with Crippen LogP contribution in [0.25, 0.3) is 22.5 Å². The molecule has 0 bridgehead atoms. The second-order valence-electron chi connectivity index (χ2n) is 6.62. The van der Waals surface area contributed by atoms with Gasteiger partial charge in [0.25, 0.3) is 5.91 Å². The van der Waals surface area contributed by atoms with E-state index in [1.165, 1.54) is 6.07 Å². The zero-order valence-corrected chi connectivity index (χ0v) is 16.5. The lowest BCUT2D eigenvalue weighted by Crippen LogP contribution is -2.27. The van der Waals surface area contributed by atoms with E-state index in [0.29, 0.717) is 23.5 Å². The van der Waals surface area contributed by atoms with Crippen molar-refractivity contribution < 1.29 is 9.90 Å². The van der Waals surface area contributed by atoms with Crippen LogP contribution in [-0.2, 0) is 0 Å². The number of imidazole rings is 1. The van der Waals surface area contributed by atoms with Gasteiger partial charge in [0.15, 0.2) is 5.82 Å². The molecule has 0 aliphatic heterocycles. The molecule has 0 radical (unpaired) electrons. The monoisotopic (exact) mass is 399 g/mol. The van der Waals surface area contributed by atoms with Crippen LogP contribution in [0.1, 0.15) is 17.0 Å². The SMILES string of the molecule is CN(C)CCCNC(=O)c1nc(-c2ccc(Cl)c(O)c2)c(-c2ccncc2)[nH]1. The first-order chi connectivity index (χ1) is 13.5. The molecule has 3 N–H and O–H groups in total. The van der Waals surface area contributed by atoms with Crippen LogP contribution in [-0.4, -0.2) is 58.1 Å². The number of halogens is 1.